The predicted octanol–water partition coefficient (Wildman–Crippen LogP) is 2.86. The molecular formula is C13H16O2. The molecule has 2 rings (SSSR count). The number of rotatable bonds is 2. The molecule has 1 saturated carbocycles. The molecule has 1 aromatic rings. The van der Waals surface area contributed by atoms with Crippen LogP contribution in [0.25, 0.3) is 0 Å². The Morgan fingerprint density at radius 1 is 1.07 bits per heavy atom. The maximum Gasteiger partial charge on any atom is 0.123 e. The van der Waals surface area contributed by atoms with Gasteiger partial charge in [0.1, 0.15) is 12.0 Å². The van der Waals surface area contributed by atoms with Crippen LogP contribution < -0.4 is 0 Å². The van der Waals surface area contributed by atoms with Crippen molar-refractivity contribution in [2.75, 3.05) is 0 Å². The van der Waals surface area contributed by atoms with Crippen molar-refractivity contribution in [2.45, 2.75) is 31.6 Å². The Kier molecular flexibility index (Phi) is 3.05. The molecule has 15 heavy (non-hydrogen) atoms. The molecule has 80 valence electrons. The molecule has 1 aliphatic rings. The largest absolute Gasteiger partial charge is 0.508 e. The van der Waals surface area contributed by atoms with Gasteiger partial charge in [-0.3, -0.25) is 0 Å². The Bertz CT molecular complexity index is 321. The van der Waals surface area contributed by atoms with E-state index in [1.165, 1.54) is 5.56 Å². The number of carbonyl (C=O) groups is 1. The molecule has 0 heterocycles. The summed E-state index contributed by atoms with van der Waals surface area (Å²) >= 11 is 0. The lowest BCUT2D eigenvalue weighted by atomic mass is 9.79. The smallest absolute Gasteiger partial charge is 0.123 e. The van der Waals surface area contributed by atoms with Gasteiger partial charge in [0.2, 0.25) is 0 Å². The zero-order valence-corrected chi connectivity index (χ0v) is 8.73. The van der Waals surface area contributed by atoms with Crippen molar-refractivity contribution in [1.29, 1.82) is 0 Å². The van der Waals surface area contributed by atoms with E-state index < -0.39 is 0 Å². The van der Waals surface area contributed by atoms with Crippen LogP contribution in [0.1, 0.15) is 37.2 Å². The van der Waals surface area contributed by atoms with Crippen LogP contribution in [0.3, 0.4) is 0 Å². The minimum Gasteiger partial charge on any atom is -0.508 e. The molecule has 0 bridgehead atoms. The highest BCUT2D eigenvalue weighted by Crippen LogP contribution is 2.35. The first kappa shape index (κ1) is 10.2. The van der Waals surface area contributed by atoms with Crippen molar-refractivity contribution in [3.05, 3.63) is 29.8 Å². The van der Waals surface area contributed by atoms with Crippen molar-refractivity contribution in [3.8, 4) is 5.75 Å². The van der Waals surface area contributed by atoms with E-state index in [1.54, 1.807) is 12.1 Å². The normalized spacial score (nSPS) is 26.1. The number of aldehydes is 1. The lowest BCUT2D eigenvalue weighted by Gasteiger charge is -2.25. The van der Waals surface area contributed by atoms with Gasteiger partial charge in [0, 0.05) is 5.92 Å². The maximum atomic E-state index is 10.6. The lowest BCUT2D eigenvalue weighted by molar-refractivity contribution is -0.111. The number of carbonyl (C=O) groups excluding carboxylic acids is 1. The Labute approximate surface area is 89.9 Å². The number of aromatic hydroxyl groups is 1. The quantitative estimate of drug-likeness (QED) is 0.752. The zero-order valence-electron chi connectivity index (χ0n) is 8.73. The highest BCUT2D eigenvalue weighted by molar-refractivity contribution is 5.53. The minimum absolute atomic E-state index is 0.276. The first-order chi connectivity index (χ1) is 7.29. The molecule has 1 aliphatic carbocycles. The lowest BCUT2D eigenvalue weighted by Crippen LogP contribution is -2.13. The van der Waals surface area contributed by atoms with Crippen molar-refractivity contribution in [1.82, 2.24) is 0 Å². The minimum atomic E-state index is 0.276. The SMILES string of the molecule is O=CC1CCC(c2ccc(O)cc2)CC1. The van der Waals surface area contributed by atoms with Crippen LogP contribution in [0, 0.1) is 5.92 Å². The second-order valence-electron chi connectivity index (χ2n) is 4.34. The third-order valence-corrected chi connectivity index (χ3v) is 3.33. The summed E-state index contributed by atoms with van der Waals surface area (Å²) in [6, 6.07) is 7.45. The summed E-state index contributed by atoms with van der Waals surface area (Å²) < 4.78 is 0. The number of hydrogen-bond donors (Lipinski definition) is 1. The summed E-state index contributed by atoms with van der Waals surface area (Å²) in [5.41, 5.74) is 1.29. The van der Waals surface area contributed by atoms with Gasteiger partial charge in [-0.15, -0.1) is 0 Å². The van der Waals surface area contributed by atoms with Gasteiger partial charge < -0.3 is 9.90 Å². The topological polar surface area (TPSA) is 37.3 Å². The van der Waals surface area contributed by atoms with E-state index in [0.29, 0.717) is 11.7 Å². The highest BCUT2D eigenvalue weighted by Gasteiger charge is 2.21. The summed E-state index contributed by atoms with van der Waals surface area (Å²) in [4.78, 5) is 10.6. The Morgan fingerprint density at radius 2 is 1.67 bits per heavy atom. The van der Waals surface area contributed by atoms with E-state index in [4.69, 9.17) is 0 Å². The summed E-state index contributed by atoms with van der Waals surface area (Å²) in [5.74, 6) is 1.17. The molecular weight excluding hydrogens is 188 g/mol. The summed E-state index contributed by atoms with van der Waals surface area (Å²) in [5, 5.41) is 9.19. The van der Waals surface area contributed by atoms with Crippen molar-refractivity contribution in [2.24, 2.45) is 5.92 Å². The molecule has 0 radical (unpaired) electrons. The fraction of sp³-hybridized carbons (Fsp3) is 0.462. The van der Waals surface area contributed by atoms with Gasteiger partial charge in [0.05, 0.1) is 0 Å². The molecule has 0 aromatic heterocycles. The number of phenols is 1. The van der Waals surface area contributed by atoms with E-state index in [-0.39, 0.29) is 5.92 Å². The van der Waals surface area contributed by atoms with Crippen LogP contribution in [-0.4, -0.2) is 11.4 Å². The number of hydrogen-bond acceptors (Lipinski definition) is 2. The molecule has 2 heteroatoms. The third-order valence-electron chi connectivity index (χ3n) is 3.33. The predicted molar refractivity (Wildman–Crippen MR) is 58.9 cm³/mol. The van der Waals surface area contributed by atoms with Crippen molar-refractivity contribution in [3.63, 3.8) is 0 Å². The Hall–Kier alpha value is -1.31. The monoisotopic (exact) mass is 204 g/mol. The molecule has 0 amide bonds. The fourth-order valence-corrected chi connectivity index (χ4v) is 2.34. The first-order valence-corrected chi connectivity index (χ1v) is 5.54. The van der Waals surface area contributed by atoms with E-state index in [2.05, 4.69) is 0 Å². The van der Waals surface area contributed by atoms with Crippen LogP contribution in [0.2, 0.25) is 0 Å². The van der Waals surface area contributed by atoms with Gasteiger partial charge in [-0.1, -0.05) is 12.1 Å². The second-order valence-corrected chi connectivity index (χ2v) is 4.34. The zero-order chi connectivity index (χ0) is 10.7. The van der Waals surface area contributed by atoms with Gasteiger partial charge in [-0.05, 0) is 49.3 Å². The van der Waals surface area contributed by atoms with E-state index >= 15 is 0 Å². The molecule has 1 aromatic carbocycles. The molecule has 1 N–H and O–H groups in total. The van der Waals surface area contributed by atoms with Crippen LogP contribution >= 0.6 is 0 Å². The molecule has 0 aliphatic heterocycles. The molecule has 0 spiro atoms. The average molecular weight is 204 g/mol. The maximum absolute atomic E-state index is 10.6. The molecule has 1 fully saturated rings. The molecule has 0 saturated heterocycles. The first-order valence-electron chi connectivity index (χ1n) is 5.54. The summed E-state index contributed by atoms with van der Waals surface area (Å²) in [6.07, 6.45) is 5.29. The second kappa shape index (κ2) is 4.47. The van der Waals surface area contributed by atoms with Gasteiger partial charge in [0.15, 0.2) is 0 Å². The van der Waals surface area contributed by atoms with Crippen molar-refractivity contribution >= 4 is 6.29 Å². The van der Waals surface area contributed by atoms with Crippen LogP contribution in [0.5, 0.6) is 5.75 Å². The van der Waals surface area contributed by atoms with E-state index in [9.17, 15) is 9.90 Å². The van der Waals surface area contributed by atoms with Crippen LogP contribution in [0.4, 0.5) is 0 Å². The molecule has 2 nitrogen and oxygen atoms in total. The summed E-state index contributed by atoms with van der Waals surface area (Å²) in [6.45, 7) is 0. The Balaban J connectivity index is 2.01. The molecule has 0 unspecified atom stereocenters. The van der Waals surface area contributed by atoms with Gasteiger partial charge >= 0.3 is 0 Å². The van der Waals surface area contributed by atoms with E-state index in [0.717, 1.165) is 32.0 Å². The standard InChI is InChI=1S/C13H16O2/c14-9-10-1-3-11(4-2-10)12-5-7-13(15)8-6-12/h5-11,15H,1-4H2. The molecule has 0 atom stereocenters. The van der Waals surface area contributed by atoms with E-state index in [1.807, 2.05) is 12.1 Å². The van der Waals surface area contributed by atoms with Gasteiger partial charge in [-0.25, -0.2) is 0 Å². The summed E-state index contributed by atoms with van der Waals surface area (Å²) in [7, 11) is 0. The fourth-order valence-electron chi connectivity index (χ4n) is 2.34. The Morgan fingerprint density at radius 3 is 2.20 bits per heavy atom. The van der Waals surface area contributed by atoms with Crippen molar-refractivity contribution < 1.29 is 9.90 Å². The number of phenolic OH excluding ortho intramolecular Hbond substituents is 1. The third kappa shape index (κ3) is 2.38. The highest BCUT2D eigenvalue weighted by atomic mass is 16.3. The van der Waals surface area contributed by atoms with Gasteiger partial charge in [0.25, 0.3) is 0 Å². The average Bonchev–Trinajstić information content (AvgIpc) is 2.30. The van der Waals surface area contributed by atoms with Gasteiger partial charge in [-0.2, -0.15) is 0 Å². The number of benzene rings is 1. The van der Waals surface area contributed by atoms with Crippen LogP contribution in [-0.2, 0) is 4.79 Å². The van der Waals surface area contributed by atoms with Crippen LogP contribution in [0.15, 0.2) is 24.3 Å².